The minimum Gasteiger partial charge on any atom is -0.375 e. The smallest absolute Gasteiger partial charge is 0.0703 e. The van der Waals surface area contributed by atoms with Gasteiger partial charge in [-0.2, -0.15) is 5.10 Å². The number of aryl methyl sites for hydroxylation is 1. The molecule has 1 saturated carbocycles. The van der Waals surface area contributed by atoms with E-state index in [2.05, 4.69) is 18.5 Å². The van der Waals surface area contributed by atoms with Crippen LogP contribution in [0.4, 0.5) is 0 Å². The molecule has 2 fully saturated rings. The maximum atomic E-state index is 6.22. The predicted molar refractivity (Wildman–Crippen MR) is 84.3 cm³/mol. The van der Waals surface area contributed by atoms with Gasteiger partial charge in [0.15, 0.2) is 0 Å². The average molecular weight is 291 g/mol. The van der Waals surface area contributed by atoms with Gasteiger partial charge in [-0.05, 0) is 46.5 Å². The van der Waals surface area contributed by atoms with Crippen molar-refractivity contribution in [3.05, 3.63) is 17.0 Å². The molecule has 2 heterocycles. The molecule has 0 radical (unpaired) electrons. The van der Waals surface area contributed by atoms with Crippen LogP contribution in [0.3, 0.4) is 0 Å². The van der Waals surface area contributed by atoms with Crippen LogP contribution >= 0.6 is 0 Å². The van der Waals surface area contributed by atoms with Crippen LogP contribution in [-0.2, 0) is 4.74 Å². The van der Waals surface area contributed by atoms with Crippen molar-refractivity contribution in [2.75, 3.05) is 6.61 Å². The Bertz CT molecular complexity index is 495. The maximum Gasteiger partial charge on any atom is 0.0703 e. The summed E-state index contributed by atoms with van der Waals surface area (Å²) in [5.41, 5.74) is 9.80. The van der Waals surface area contributed by atoms with Crippen molar-refractivity contribution in [3.8, 4) is 0 Å². The van der Waals surface area contributed by atoms with Crippen LogP contribution in [0.1, 0.15) is 80.9 Å². The maximum absolute atomic E-state index is 6.22. The van der Waals surface area contributed by atoms with E-state index in [0.29, 0.717) is 6.04 Å². The van der Waals surface area contributed by atoms with Crippen LogP contribution < -0.4 is 5.73 Å². The quantitative estimate of drug-likeness (QED) is 0.906. The second-order valence-electron chi connectivity index (χ2n) is 7.06. The van der Waals surface area contributed by atoms with E-state index in [9.17, 15) is 0 Å². The number of nitrogens with zero attached hydrogens (tertiary/aromatic N) is 2. The summed E-state index contributed by atoms with van der Waals surface area (Å²) in [4.78, 5) is 0. The van der Waals surface area contributed by atoms with Crippen LogP contribution in [-0.4, -0.2) is 22.0 Å². The highest BCUT2D eigenvalue weighted by Gasteiger charge is 2.39. The van der Waals surface area contributed by atoms with Gasteiger partial charge in [-0.1, -0.05) is 19.3 Å². The average Bonchev–Trinajstić information content (AvgIpc) is 2.75. The minimum absolute atomic E-state index is 0.0576. The Morgan fingerprint density at radius 3 is 2.62 bits per heavy atom. The third kappa shape index (κ3) is 2.76. The van der Waals surface area contributed by atoms with Crippen LogP contribution in [0.25, 0.3) is 0 Å². The first-order valence-corrected chi connectivity index (χ1v) is 8.47. The molecule has 4 heteroatoms. The van der Waals surface area contributed by atoms with Crippen molar-refractivity contribution < 1.29 is 4.74 Å². The fraction of sp³-hybridized carbons (Fsp3) is 0.824. The molecule has 1 aliphatic heterocycles. The SMILES string of the molecule is Cc1nn(C2CCOC3(CCCCC3)C2)c(C)c1C(C)N. The summed E-state index contributed by atoms with van der Waals surface area (Å²) < 4.78 is 8.46. The van der Waals surface area contributed by atoms with Crippen LogP contribution in [0.2, 0.25) is 0 Å². The first-order valence-electron chi connectivity index (χ1n) is 8.47. The van der Waals surface area contributed by atoms with Crippen molar-refractivity contribution in [1.82, 2.24) is 9.78 Å². The summed E-state index contributed by atoms with van der Waals surface area (Å²) in [6, 6.07) is 0.533. The molecule has 2 unspecified atom stereocenters. The third-order valence-corrected chi connectivity index (χ3v) is 5.41. The summed E-state index contributed by atoms with van der Waals surface area (Å²) in [7, 11) is 0. The highest BCUT2D eigenvalue weighted by Crippen LogP contribution is 2.42. The van der Waals surface area contributed by atoms with Crippen LogP contribution in [0.15, 0.2) is 0 Å². The van der Waals surface area contributed by atoms with E-state index in [1.54, 1.807) is 0 Å². The van der Waals surface area contributed by atoms with Gasteiger partial charge in [-0.25, -0.2) is 0 Å². The molecular formula is C17H29N3O. The van der Waals surface area contributed by atoms with Gasteiger partial charge in [0.2, 0.25) is 0 Å². The Hall–Kier alpha value is -0.870. The molecule has 1 aliphatic carbocycles. The zero-order valence-corrected chi connectivity index (χ0v) is 13.7. The molecule has 4 nitrogen and oxygen atoms in total. The van der Waals surface area contributed by atoms with Crippen molar-refractivity contribution in [2.24, 2.45) is 5.73 Å². The fourth-order valence-electron chi connectivity index (χ4n) is 4.45. The molecule has 3 rings (SSSR count). The zero-order chi connectivity index (χ0) is 15.0. The first kappa shape index (κ1) is 15.0. The topological polar surface area (TPSA) is 53.1 Å². The Labute approximate surface area is 128 Å². The van der Waals surface area contributed by atoms with Gasteiger partial charge in [0.05, 0.1) is 17.3 Å². The largest absolute Gasteiger partial charge is 0.375 e. The summed E-state index contributed by atoms with van der Waals surface area (Å²) in [5.74, 6) is 0. The van der Waals surface area contributed by atoms with Gasteiger partial charge in [0.25, 0.3) is 0 Å². The van der Waals surface area contributed by atoms with E-state index in [4.69, 9.17) is 15.6 Å². The predicted octanol–water partition coefficient (Wildman–Crippen LogP) is 3.57. The molecular weight excluding hydrogens is 262 g/mol. The molecule has 2 atom stereocenters. The number of nitrogens with two attached hydrogens (primary N) is 1. The van der Waals surface area contributed by atoms with E-state index >= 15 is 0 Å². The van der Waals surface area contributed by atoms with Crippen molar-refractivity contribution in [1.29, 1.82) is 0 Å². The Kier molecular flexibility index (Phi) is 4.10. The second-order valence-corrected chi connectivity index (χ2v) is 7.06. The van der Waals surface area contributed by atoms with Gasteiger partial charge in [0.1, 0.15) is 0 Å². The van der Waals surface area contributed by atoms with Gasteiger partial charge in [-0.15, -0.1) is 0 Å². The number of hydrogen-bond donors (Lipinski definition) is 1. The zero-order valence-electron chi connectivity index (χ0n) is 13.7. The van der Waals surface area contributed by atoms with Crippen LogP contribution in [0.5, 0.6) is 0 Å². The molecule has 1 aromatic rings. The monoisotopic (exact) mass is 291 g/mol. The molecule has 1 spiro atoms. The summed E-state index contributed by atoms with van der Waals surface area (Å²) in [6.45, 7) is 7.17. The van der Waals surface area contributed by atoms with E-state index < -0.39 is 0 Å². The van der Waals surface area contributed by atoms with Crippen molar-refractivity contribution in [2.45, 2.75) is 83.4 Å². The summed E-state index contributed by atoms with van der Waals surface area (Å²) in [5, 5.41) is 4.81. The highest BCUT2D eigenvalue weighted by atomic mass is 16.5. The number of ether oxygens (including phenoxy) is 1. The van der Waals surface area contributed by atoms with Crippen LogP contribution in [0, 0.1) is 13.8 Å². The molecule has 1 aromatic heterocycles. The summed E-state index contributed by atoms with van der Waals surface area (Å²) >= 11 is 0. The molecule has 21 heavy (non-hydrogen) atoms. The molecule has 2 aliphatic rings. The lowest BCUT2D eigenvalue weighted by molar-refractivity contribution is -0.115. The van der Waals surface area contributed by atoms with Crippen molar-refractivity contribution >= 4 is 0 Å². The third-order valence-electron chi connectivity index (χ3n) is 5.41. The summed E-state index contributed by atoms with van der Waals surface area (Å²) in [6.07, 6.45) is 8.63. The first-order chi connectivity index (χ1) is 10.0. The molecule has 0 amide bonds. The van der Waals surface area contributed by atoms with E-state index in [1.165, 1.54) is 43.4 Å². The molecule has 1 saturated heterocycles. The minimum atomic E-state index is 0.0576. The number of hydrogen-bond acceptors (Lipinski definition) is 3. The lowest BCUT2D eigenvalue weighted by atomic mass is 9.78. The lowest BCUT2D eigenvalue weighted by Crippen LogP contribution is -2.42. The highest BCUT2D eigenvalue weighted by molar-refractivity contribution is 5.28. The molecule has 0 bridgehead atoms. The van der Waals surface area contributed by atoms with Gasteiger partial charge in [-0.3, -0.25) is 4.68 Å². The van der Waals surface area contributed by atoms with Gasteiger partial charge < -0.3 is 10.5 Å². The standard InChI is InChI=1S/C17H29N3O/c1-12(18)16-13(2)19-20(14(16)3)15-7-10-21-17(11-15)8-5-4-6-9-17/h12,15H,4-11,18H2,1-3H3. The lowest BCUT2D eigenvalue weighted by Gasteiger charge is -2.43. The Morgan fingerprint density at radius 1 is 1.29 bits per heavy atom. The Balaban J connectivity index is 1.85. The Morgan fingerprint density at radius 2 is 2.00 bits per heavy atom. The number of rotatable bonds is 2. The molecule has 118 valence electrons. The molecule has 2 N–H and O–H groups in total. The van der Waals surface area contributed by atoms with Gasteiger partial charge in [0, 0.05) is 23.9 Å². The molecule has 0 aromatic carbocycles. The van der Waals surface area contributed by atoms with Crippen molar-refractivity contribution in [3.63, 3.8) is 0 Å². The fourth-order valence-corrected chi connectivity index (χ4v) is 4.45. The van der Waals surface area contributed by atoms with E-state index in [1.807, 2.05) is 6.92 Å². The normalized spacial score (nSPS) is 27.0. The second kappa shape index (κ2) is 5.73. The number of aromatic nitrogens is 2. The van der Waals surface area contributed by atoms with Gasteiger partial charge >= 0.3 is 0 Å². The van der Waals surface area contributed by atoms with E-state index in [-0.39, 0.29) is 11.6 Å². The van der Waals surface area contributed by atoms with E-state index in [0.717, 1.165) is 25.1 Å².